The summed E-state index contributed by atoms with van der Waals surface area (Å²) in [5.74, 6) is 5.50. The zero-order chi connectivity index (χ0) is 10.5. The van der Waals surface area contributed by atoms with E-state index in [1.165, 1.54) is 0 Å². The smallest absolute Gasteiger partial charge is 0.0978 e. The topological polar surface area (TPSA) is 69.7 Å². The van der Waals surface area contributed by atoms with Crippen LogP contribution in [0.3, 0.4) is 0 Å². The lowest BCUT2D eigenvalue weighted by molar-refractivity contribution is -0.101. The van der Waals surface area contributed by atoms with E-state index < -0.39 is 0 Å². The standard InChI is InChI=1S/C10H16N2O3/c11-12-9(5-8-1-2-13-6-8)10-7-14-3-4-15-10/h1-2,6,9-10,12H,3-5,7,11H2. The Hall–Kier alpha value is -0.880. The molecule has 0 bridgehead atoms. The molecule has 1 aliphatic rings. The average molecular weight is 212 g/mol. The number of nitrogens with one attached hydrogen (secondary N) is 1. The first-order chi connectivity index (χ1) is 7.40. The van der Waals surface area contributed by atoms with Crippen LogP contribution in [0.5, 0.6) is 0 Å². The summed E-state index contributed by atoms with van der Waals surface area (Å²) in [6.45, 7) is 1.89. The van der Waals surface area contributed by atoms with Gasteiger partial charge in [-0.15, -0.1) is 0 Å². The van der Waals surface area contributed by atoms with Gasteiger partial charge in [-0.3, -0.25) is 11.3 Å². The van der Waals surface area contributed by atoms with E-state index in [-0.39, 0.29) is 12.1 Å². The third-order valence-corrected chi connectivity index (χ3v) is 2.54. The quantitative estimate of drug-likeness (QED) is 0.546. The van der Waals surface area contributed by atoms with Gasteiger partial charge in [-0.25, -0.2) is 0 Å². The molecule has 3 N–H and O–H groups in total. The largest absolute Gasteiger partial charge is 0.472 e. The molecule has 5 heteroatoms. The van der Waals surface area contributed by atoms with Crippen LogP contribution in [-0.2, 0) is 15.9 Å². The van der Waals surface area contributed by atoms with E-state index in [2.05, 4.69) is 5.43 Å². The zero-order valence-electron chi connectivity index (χ0n) is 8.52. The van der Waals surface area contributed by atoms with Gasteiger partial charge in [-0.2, -0.15) is 0 Å². The van der Waals surface area contributed by atoms with Crippen LogP contribution in [0.2, 0.25) is 0 Å². The van der Waals surface area contributed by atoms with Gasteiger partial charge in [0.25, 0.3) is 0 Å². The molecule has 1 fully saturated rings. The maximum Gasteiger partial charge on any atom is 0.0978 e. The predicted molar refractivity (Wildman–Crippen MR) is 54.1 cm³/mol. The number of ether oxygens (including phenoxy) is 2. The van der Waals surface area contributed by atoms with Crippen LogP contribution in [-0.4, -0.2) is 32.0 Å². The molecular weight excluding hydrogens is 196 g/mol. The van der Waals surface area contributed by atoms with E-state index >= 15 is 0 Å². The molecule has 1 aromatic rings. The van der Waals surface area contributed by atoms with Crippen LogP contribution >= 0.6 is 0 Å². The van der Waals surface area contributed by atoms with Gasteiger partial charge >= 0.3 is 0 Å². The van der Waals surface area contributed by atoms with Gasteiger partial charge in [0.2, 0.25) is 0 Å². The van der Waals surface area contributed by atoms with Crippen LogP contribution in [0.15, 0.2) is 23.0 Å². The van der Waals surface area contributed by atoms with Crippen molar-refractivity contribution in [1.82, 2.24) is 5.43 Å². The van der Waals surface area contributed by atoms with Crippen molar-refractivity contribution in [2.45, 2.75) is 18.6 Å². The second-order valence-corrected chi connectivity index (χ2v) is 3.59. The van der Waals surface area contributed by atoms with E-state index in [1.54, 1.807) is 12.5 Å². The van der Waals surface area contributed by atoms with Gasteiger partial charge in [-0.1, -0.05) is 0 Å². The molecule has 0 saturated carbocycles. The van der Waals surface area contributed by atoms with E-state index in [0.717, 1.165) is 12.0 Å². The van der Waals surface area contributed by atoms with Gasteiger partial charge < -0.3 is 13.9 Å². The van der Waals surface area contributed by atoms with Crippen molar-refractivity contribution >= 4 is 0 Å². The van der Waals surface area contributed by atoms with Crippen molar-refractivity contribution in [3.8, 4) is 0 Å². The van der Waals surface area contributed by atoms with E-state index in [0.29, 0.717) is 19.8 Å². The van der Waals surface area contributed by atoms with Gasteiger partial charge in [0.1, 0.15) is 0 Å². The number of hydrogen-bond donors (Lipinski definition) is 2. The highest BCUT2D eigenvalue weighted by atomic mass is 16.6. The summed E-state index contributed by atoms with van der Waals surface area (Å²) < 4.78 is 15.9. The van der Waals surface area contributed by atoms with Crippen LogP contribution < -0.4 is 11.3 Å². The minimum absolute atomic E-state index is 0.0126. The van der Waals surface area contributed by atoms with Gasteiger partial charge in [0, 0.05) is 0 Å². The van der Waals surface area contributed by atoms with Crippen molar-refractivity contribution in [3.05, 3.63) is 24.2 Å². The van der Waals surface area contributed by atoms with Crippen molar-refractivity contribution in [2.24, 2.45) is 5.84 Å². The molecule has 2 unspecified atom stereocenters. The first-order valence-corrected chi connectivity index (χ1v) is 5.06. The third kappa shape index (κ3) is 2.79. The second-order valence-electron chi connectivity index (χ2n) is 3.59. The minimum atomic E-state index is 0.0126. The van der Waals surface area contributed by atoms with Crippen molar-refractivity contribution < 1.29 is 13.9 Å². The SMILES string of the molecule is NNC(Cc1ccoc1)C1COCCO1. The minimum Gasteiger partial charge on any atom is -0.472 e. The van der Waals surface area contributed by atoms with E-state index in [9.17, 15) is 0 Å². The Balaban J connectivity index is 1.91. The predicted octanol–water partition coefficient (Wildman–Crippen LogP) is 0.0694. The summed E-state index contributed by atoms with van der Waals surface area (Å²) in [7, 11) is 0. The van der Waals surface area contributed by atoms with Crippen LogP contribution in [0.25, 0.3) is 0 Å². The monoisotopic (exact) mass is 212 g/mol. The Morgan fingerprint density at radius 2 is 2.47 bits per heavy atom. The maximum absolute atomic E-state index is 5.58. The zero-order valence-corrected chi connectivity index (χ0v) is 8.52. The molecule has 1 saturated heterocycles. The Morgan fingerprint density at radius 3 is 3.07 bits per heavy atom. The lowest BCUT2D eigenvalue weighted by atomic mass is 10.0. The van der Waals surface area contributed by atoms with Gasteiger partial charge in [0.05, 0.1) is 44.5 Å². The Bertz CT molecular complexity index is 270. The summed E-state index contributed by atoms with van der Waals surface area (Å²) in [6, 6.07) is 1.98. The molecule has 1 aromatic heterocycles. The summed E-state index contributed by atoms with van der Waals surface area (Å²) in [6.07, 6.45) is 4.16. The molecule has 2 atom stereocenters. The molecule has 0 amide bonds. The Morgan fingerprint density at radius 1 is 1.53 bits per heavy atom. The molecule has 2 rings (SSSR count). The third-order valence-electron chi connectivity index (χ3n) is 2.54. The fraction of sp³-hybridized carbons (Fsp3) is 0.600. The fourth-order valence-corrected chi connectivity index (χ4v) is 1.70. The highest BCUT2D eigenvalue weighted by molar-refractivity contribution is 5.08. The highest BCUT2D eigenvalue weighted by Gasteiger charge is 2.24. The molecule has 0 aliphatic carbocycles. The number of nitrogens with two attached hydrogens (primary N) is 1. The molecule has 84 valence electrons. The highest BCUT2D eigenvalue weighted by Crippen LogP contribution is 2.11. The molecule has 0 aromatic carbocycles. The number of furan rings is 1. The number of hydrogen-bond acceptors (Lipinski definition) is 5. The summed E-state index contributed by atoms with van der Waals surface area (Å²) in [5.41, 5.74) is 3.87. The molecular formula is C10H16N2O3. The molecule has 15 heavy (non-hydrogen) atoms. The Kier molecular flexibility index (Phi) is 3.74. The fourth-order valence-electron chi connectivity index (χ4n) is 1.70. The normalized spacial score (nSPS) is 23.9. The van der Waals surface area contributed by atoms with Gasteiger partial charge in [-0.05, 0) is 18.1 Å². The van der Waals surface area contributed by atoms with Crippen molar-refractivity contribution in [1.29, 1.82) is 0 Å². The lowest BCUT2D eigenvalue weighted by Crippen LogP contribution is -2.50. The van der Waals surface area contributed by atoms with E-state index in [4.69, 9.17) is 19.7 Å². The van der Waals surface area contributed by atoms with Gasteiger partial charge in [0.15, 0.2) is 0 Å². The molecule has 5 nitrogen and oxygen atoms in total. The van der Waals surface area contributed by atoms with Crippen molar-refractivity contribution in [2.75, 3.05) is 19.8 Å². The number of hydrazine groups is 1. The first kappa shape index (κ1) is 10.6. The molecule has 2 heterocycles. The summed E-state index contributed by atoms with van der Waals surface area (Å²) in [4.78, 5) is 0. The summed E-state index contributed by atoms with van der Waals surface area (Å²) in [5, 5.41) is 0. The maximum atomic E-state index is 5.58. The van der Waals surface area contributed by atoms with Crippen LogP contribution in [0, 0.1) is 0 Å². The average Bonchev–Trinajstić information content (AvgIpc) is 2.80. The molecule has 0 radical (unpaired) electrons. The lowest BCUT2D eigenvalue weighted by Gasteiger charge is -2.29. The van der Waals surface area contributed by atoms with Crippen LogP contribution in [0.1, 0.15) is 5.56 Å². The van der Waals surface area contributed by atoms with Crippen molar-refractivity contribution in [3.63, 3.8) is 0 Å². The summed E-state index contributed by atoms with van der Waals surface area (Å²) >= 11 is 0. The second kappa shape index (κ2) is 5.27. The van der Waals surface area contributed by atoms with E-state index in [1.807, 2.05) is 6.07 Å². The molecule has 1 aliphatic heterocycles. The molecule has 0 spiro atoms. The first-order valence-electron chi connectivity index (χ1n) is 5.06. The van der Waals surface area contributed by atoms with Crippen LogP contribution in [0.4, 0.5) is 0 Å². The Labute approximate surface area is 88.5 Å². The number of rotatable bonds is 4.